The van der Waals surface area contributed by atoms with Gasteiger partial charge in [-0.2, -0.15) is 0 Å². The molecule has 20 heavy (non-hydrogen) atoms. The monoisotopic (exact) mass is 272 g/mol. The van der Waals surface area contributed by atoms with Crippen LogP contribution in [0.2, 0.25) is 0 Å². The predicted molar refractivity (Wildman–Crippen MR) is 80.8 cm³/mol. The molecule has 0 fully saturated rings. The first kappa shape index (κ1) is 14.1. The van der Waals surface area contributed by atoms with E-state index in [4.69, 9.17) is 0 Å². The number of H-pyrrole nitrogens is 1. The molecular formula is C15H20N4O. The van der Waals surface area contributed by atoms with Gasteiger partial charge in [-0.05, 0) is 31.5 Å². The van der Waals surface area contributed by atoms with Crippen LogP contribution in [-0.2, 0) is 11.3 Å². The smallest absolute Gasteiger partial charge is 0.224 e. The van der Waals surface area contributed by atoms with Crippen molar-refractivity contribution in [3.8, 4) is 0 Å². The number of anilines is 2. The number of aryl methyl sites for hydroxylation is 2. The molecule has 0 unspecified atom stereocenters. The Morgan fingerprint density at radius 1 is 1.35 bits per heavy atom. The summed E-state index contributed by atoms with van der Waals surface area (Å²) in [4.78, 5) is 18.7. The summed E-state index contributed by atoms with van der Waals surface area (Å²) in [6.45, 7) is 6.52. The second-order valence-electron chi connectivity index (χ2n) is 4.76. The van der Waals surface area contributed by atoms with Crippen LogP contribution in [0.4, 0.5) is 11.4 Å². The molecule has 0 saturated carbocycles. The summed E-state index contributed by atoms with van der Waals surface area (Å²) < 4.78 is 0. The van der Waals surface area contributed by atoms with Crippen molar-refractivity contribution in [2.75, 3.05) is 10.6 Å². The SMILES string of the molecule is CCC(=O)Nc1ccc(C)c(NCc2nc[nH]c2C)c1. The molecule has 0 bridgehead atoms. The Bertz CT molecular complexity index is 604. The van der Waals surface area contributed by atoms with E-state index in [1.807, 2.05) is 39.0 Å². The first-order valence-electron chi connectivity index (χ1n) is 6.73. The number of carbonyl (C=O) groups is 1. The lowest BCUT2D eigenvalue weighted by Crippen LogP contribution is -2.10. The van der Waals surface area contributed by atoms with Crippen LogP contribution in [0.25, 0.3) is 0 Å². The lowest BCUT2D eigenvalue weighted by atomic mass is 10.1. The zero-order valence-corrected chi connectivity index (χ0v) is 12.1. The quantitative estimate of drug-likeness (QED) is 0.783. The third-order valence-electron chi connectivity index (χ3n) is 3.22. The number of nitrogens with one attached hydrogen (secondary N) is 3. The summed E-state index contributed by atoms with van der Waals surface area (Å²) in [5.74, 6) is 0.0166. The molecule has 106 valence electrons. The average molecular weight is 272 g/mol. The number of aromatic amines is 1. The second kappa shape index (κ2) is 6.23. The van der Waals surface area contributed by atoms with Gasteiger partial charge in [0.2, 0.25) is 5.91 Å². The number of aromatic nitrogens is 2. The summed E-state index contributed by atoms with van der Waals surface area (Å²) >= 11 is 0. The van der Waals surface area contributed by atoms with Gasteiger partial charge in [-0.25, -0.2) is 4.98 Å². The highest BCUT2D eigenvalue weighted by Gasteiger charge is 2.05. The van der Waals surface area contributed by atoms with E-state index in [2.05, 4.69) is 20.6 Å². The van der Waals surface area contributed by atoms with E-state index in [1.54, 1.807) is 6.33 Å². The molecule has 0 aliphatic carbocycles. The molecule has 0 saturated heterocycles. The van der Waals surface area contributed by atoms with Gasteiger partial charge in [0.25, 0.3) is 0 Å². The van der Waals surface area contributed by atoms with Crippen molar-refractivity contribution >= 4 is 17.3 Å². The van der Waals surface area contributed by atoms with Crippen molar-refractivity contribution in [1.29, 1.82) is 0 Å². The van der Waals surface area contributed by atoms with E-state index in [0.29, 0.717) is 13.0 Å². The van der Waals surface area contributed by atoms with Gasteiger partial charge in [-0.15, -0.1) is 0 Å². The highest BCUT2D eigenvalue weighted by Crippen LogP contribution is 2.21. The molecule has 0 atom stereocenters. The predicted octanol–water partition coefficient (Wildman–Crippen LogP) is 2.99. The lowest BCUT2D eigenvalue weighted by Gasteiger charge is -2.11. The molecule has 3 N–H and O–H groups in total. The molecule has 0 radical (unpaired) electrons. The van der Waals surface area contributed by atoms with Crippen LogP contribution in [-0.4, -0.2) is 15.9 Å². The van der Waals surface area contributed by atoms with E-state index >= 15 is 0 Å². The van der Waals surface area contributed by atoms with Gasteiger partial charge >= 0.3 is 0 Å². The normalized spacial score (nSPS) is 10.3. The van der Waals surface area contributed by atoms with Crippen LogP contribution in [0, 0.1) is 13.8 Å². The Balaban J connectivity index is 2.08. The van der Waals surface area contributed by atoms with E-state index in [-0.39, 0.29) is 5.91 Å². The van der Waals surface area contributed by atoms with Crippen molar-refractivity contribution in [3.05, 3.63) is 41.5 Å². The number of amides is 1. The van der Waals surface area contributed by atoms with E-state index in [0.717, 1.165) is 28.3 Å². The summed E-state index contributed by atoms with van der Waals surface area (Å²) in [5.41, 5.74) is 5.00. The second-order valence-corrected chi connectivity index (χ2v) is 4.76. The van der Waals surface area contributed by atoms with Crippen molar-refractivity contribution in [2.45, 2.75) is 33.7 Å². The van der Waals surface area contributed by atoms with Crippen molar-refractivity contribution in [2.24, 2.45) is 0 Å². The standard InChI is InChI=1S/C15H20N4O/c1-4-15(20)19-12-6-5-10(2)13(7-12)16-8-14-11(3)17-9-18-14/h5-7,9,16H,4,8H2,1-3H3,(H,17,18)(H,19,20). The zero-order valence-electron chi connectivity index (χ0n) is 12.1. The topological polar surface area (TPSA) is 69.8 Å². The van der Waals surface area contributed by atoms with Crippen molar-refractivity contribution < 1.29 is 4.79 Å². The third-order valence-corrected chi connectivity index (χ3v) is 3.22. The Kier molecular flexibility index (Phi) is 4.40. The van der Waals surface area contributed by atoms with Crippen molar-refractivity contribution in [3.63, 3.8) is 0 Å². The molecule has 1 aromatic heterocycles. The number of nitrogens with zero attached hydrogens (tertiary/aromatic N) is 1. The number of hydrogen-bond acceptors (Lipinski definition) is 3. The zero-order chi connectivity index (χ0) is 14.5. The fraction of sp³-hybridized carbons (Fsp3) is 0.333. The molecule has 0 aliphatic heterocycles. The van der Waals surface area contributed by atoms with Gasteiger partial charge in [-0.3, -0.25) is 4.79 Å². The Labute approximate surface area is 118 Å². The Morgan fingerprint density at radius 2 is 2.15 bits per heavy atom. The minimum atomic E-state index is 0.0166. The fourth-order valence-electron chi connectivity index (χ4n) is 1.88. The summed E-state index contributed by atoms with van der Waals surface area (Å²) in [6.07, 6.45) is 2.17. The molecule has 1 heterocycles. The maximum atomic E-state index is 11.4. The molecule has 1 aromatic carbocycles. The molecule has 0 aliphatic rings. The highest BCUT2D eigenvalue weighted by atomic mass is 16.1. The summed E-state index contributed by atoms with van der Waals surface area (Å²) in [5, 5.41) is 6.22. The largest absolute Gasteiger partial charge is 0.379 e. The van der Waals surface area contributed by atoms with Gasteiger partial charge in [0.05, 0.1) is 18.6 Å². The molecule has 5 heteroatoms. The van der Waals surface area contributed by atoms with Gasteiger partial charge in [0.1, 0.15) is 0 Å². The summed E-state index contributed by atoms with van der Waals surface area (Å²) in [6, 6.07) is 5.85. The van der Waals surface area contributed by atoms with Gasteiger partial charge in [0, 0.05) is 23.5 Å². The van der Waals surface area contributed by atoms with Gasteiger partial charge < -0.3 is 15.6 Å². The van der Waals surface area contributed by atoms with E-state index < -0.39 is 0 Å². The number of benzene rings is 1. The molecule has 2 aromatic rings. The average Bonchev–Trinajstić information content (AvgIpc) is 2.84. The molecular weight excluding hydrogens is 252 g/mol. The van der Waals surface area contributed by atoms with Crippen LogP contribution in [0.3, 0.4) is 0 Å². The van der Waals surface area contributed by atoms with Crippen LogP contribution >= 0.6 is 0 Å². The fourth-order valence-corrected chi connectivity index (χ4v) is 1.88. The third kappa shape index (κ3) is 3.38. The summed E-state index contributed by atoms with van der Waals surface area (Å²) in [7, 11) is 0. The maximum absolute atomic E-state index is 11.4. The number of hydrogen-bond donors (Lipinski definition) is 3. The van der Waals surface area contributed by atoms with E-state index in [9.17, 15) is 4.79 Å². The molecule has 2 rings (SSSR count). The lowest BCUT2D eigenvalue weighted by molar-refractivity contribution is -0.115. The Morgan fingerprint density at radius 3 is 2.80 bits per heavy atom. The highest BCUT2D eigenvalue weighted by molar-refractivity contribution is 5.91. The first-order valence-corrected chi connectivity index (χ1v) is 6.73. The minimum Gasteiger partial charge on any atom is -0.379 e. The van der Waals surface area contributed by atoms with Crippen LogP contribution in [0.15, 0.2) is 24.5 Å². The van der Waals surface area contributed by atoms with Crippen LogP contribution in [0.5, 0.6) is 0 Å². The van der Waals surface area contributed by atoms with Crippen LogP contribution in [0.1, 0.15) is 30.3 Å². The Hall–Kier alpha value is -2.30. The maximum Gasteiger partial charge on any atom is 0.224 e. The number of carbonyl (C=O) groups excluding carboxylic acids is 1. The first-order chi connectivity index (χ1) is 9.60. The van der Waals surface area contributed by atoms with Crippen molar-refractivity contribution in [1.82, 2.24) is 9.97 Å². The van der Waals surface area contributed by atoms with E-state index in [1.165, 1.54) is 0 Å². The number of imidazole rings is 1. The van der Waals surface area contributed by atoms with Crippen LogP contribution < -0.4 is 10.6 Å². The van der Waals surface area contributed by atoms with Gasteiger partial charge in [-0.1, -0.05) is 13.0 Å². The molecule has 5 nitrogen and oxygen atoms in total. The molecule has 0 spiro atoms. The van der Waals surface area contributed by atoms with Gasteiger partial charge in [0.15, 0.2) is 0 Å². The minimum absolute atomic E-state index is 0.0166. The molecule has 1 amide bonds. The number of rotatable bonds is 5.